The Labute approximate surface area is 132 Å². The van der Waals surface area contributed by atoms with Crippen LogP contribution in [0.15, 0.2) is 24.3 Å². The Hall–Kier alpha value is -0.990. The Morgan fingerprint density at radius 1 is 1.05 bits per heavy atom. The van der Waals surface area contributed by atoms with E-state index in [0.29, 0.717) is 5.92 Å². The van der Waals surface area contributed by atoms with Crippen molar-refractivity contribution in [3.05, 3.63) is 35.4 Å². The second-order valence-corrected chi connectivity index (χ2v) is 6.67. The smallest absolute Gasteiger partial charge is 0.236 e. The first kappa shape index (κ1) is 17.4. The molecule has 1 atom stereocenters. The van der Waals surface area contributed by atoms with Crippen LogP contribution in [0.1, 0.15) is 82.0 Å². The molecule has 0 nitrogen and oxygen atoms in total. The van der Waals surface area contributed by atoms with Gasteiger partial charge in [-0.1, -0.05) is 51.0 Å². The number of hydrogen-bond acceptors (Lipinski definition) is 0. The molecule has 3 heteroatoms. The summed E-state index contributed by atoms with van der Waals surface area (Å²) in [5, 5.41) is 0. The van der Waals surface area contributed by atoms with E-state index in [1.54, 1.807) is 19.1 Å². The van der Waals surface area contributed by atoms with Gasteiger partial charge < -0.3 is 0 Å². The highest BCUT2D eigenvalue weighted by atomic mass is 19.3. The molecule has 0 aromatic heterocycles. The SMILES string of the molecule is CCCC(F)(F)C(F)c1ccc(C2CCC(CC)CC2)cc1. The summed E-state index contributed by atoms with van der Waals surface area (Å²) in [6.45, 7) is 3.88. The fourth-order valence-electron chi connectivity index (χ4n) is 3.55. The molecule has 1 aliphatic rings. The lowest BCUT2D eigenvalue weighted by molar-refractivity contribution is -0.0807. The van der Waals surface area contributed by atoms with Gasteiger partial charge in [-0.3, -0.25) is 0 Å². The molecule has 0 bridgehead atoms. The molecule has 0 amide bonds. The molecule has 0 aliphatic heterocycles. The van der Waals surface area contributed by atoms with Gasteiger partial charge in [0.05, 0.1) is 0 Å². The van der Waals surface area contributed by atoms with Crippen molar-refractivity contribution in [3.63, 3.8) is 0 Å². The maximum atomic E-state index is 14.0. The standard InChI is InChI=1S/C19H27F3/c1-3-13-19(21,22)18(20)17-11-9-16(10-12-17)15-7-5-14(4-2)6-8-15/h9-12,14-15,18H,3-8,13H2,1-2H3. The van der Waals surface area contributed by atoms with Crippen LogP contribution in [0.25, 0.3) is 0 Å². The third-order valence-electron chi connectivity index (χ3n) is 5.08. The fraction of sp³-hybridized carbons (Fsp3) is 0.684. The van der Waals surface area contributed by atoms with Crippen LogP contribution in [0.3, 0.4) is 0 Å². The quantitative estimate of drug-likeness (QED) is 0.541. The monoisotopic (exact) mass is 312 g/mol. The Morgan fingerprint density at radius 3 is 2.14 bits per heavy atom. The maximum Gasteiger partial charge on any atom is 0.282 e. The van der Waals surface area contributed by atoms with Crippen LogP contribution in [-0.4, -0.2) is 5.92 Å². The molecule has 0 radical (unpaired) electrons. The average molecular weight is 312 g/mol. The molecule has 1 aromatic carbocycles. The van der Waals surface area contributed by atoms with Crippen LogP contribution >= 0.6 is 0 Å². The molecule has 1 saturated carbocycles. The number of hydrogen-bond donors (Lipinski definition) is 0. The van der Waals surface area contributed by atoms with Crippen molar-refractivity contribution in [1.29, 1.82) is 0 Å². The van der Waals surface area contributed by atoms with Crippen molar-refractivity contribution in [2.75, 3.05) is 0 Å². The Bertz CT molecular complexity index is 444. The molecule has 0 N–H and O–H groups in total. The summed E-state index contributed by atoms with van der Waals surface area (Å²) in [5.74, 6) is -1.93. The van der Waals surface area contributed by atoms with Gasteiger partial charge in [0.1, 0.15) is 0 Å². The zero-order chi connectivity index (χ0) is 16.2. The van der Waals surface area contributed by atoms with Crippen molar-refractivity contribution < 1.29 is 13.2 Å². The molecule has 1 fully saturated rings. The van der Waals surface area contributed by atoms with Gasteiger partial charge in [0.25, 0.3) is 5.92 Å². The van der Waals surface area contributed by atoms with E-state index in [4.69, 9.17) is 0 Å². The highest BCUT2D eigenvalue weighted by Crippen LogP contribution is 2.40. The van der Waals surface area contributed by atoms with Crippen LogP contribution < -0.4 is 0 Å². The van der Waals surface area contributed by atoms with Crippen LogP contribution in [0.5, 0.6) is 0 Å². The van der Waals surface area contributed by atoms with E-state index in [9.17, 15) is 13.2 Å². The molecule has 1 aliphatic carbocycles. The van der Waals surface area contributed by atoms with Gasteiger partial charge in [-0.2, -0.15) is 0 Å². The van der Waals surface area contributed by atoms with E-state index in [-0.39, 0.29) is 12.0 Å². The summed E-state index contributed by atoms with van der Waals surface area (Å²) in [6.07, 6.45) is 3.71. The summed E-state index contributed by atoms with van der Waals surface area (Å²) in [6, 6.07) is 6.80. The van der Waals surface area contributed by atoms with Crippen molar-refractivity contribution >= 4 is 0 Å². The van der Waals surface area contributed by atoms with E-state index in [0.717, 1.165) is 18.8 Å². The van der Waals surface area contributed by atoms with Gasteiger partial charge in [-0.15, -0.1) is 0 Å². The van der Waals surface area contributed by atoms with Crippen molar-refractivity contribution in [1.82, 2.24) is 0 Å². The summed E-state index contributed by atoms with van der Waals surface area (Å²) < 4.78 is 41.4. The molecule has 0 heterocycles. The van der Waals surface area contributed by atoms with E-state index in [1.165, 1.54) is 24.8 Å². The third-order valence-corrected chi connectivity index (χ3v) is 5.08. The summed E-state index contributed by atoms with van der Waals surface area (Å²) in [5.41, 5.74) is 1.27. The molecule has 2 rings (SSSR count). The minimum Gasteiger partial charge on any atom is -0.236 e. The average Bonchev–Trinajstić information content (AvgIpc) is 2.54. The predicted octanol–water partition coefficient (Wildman–Crippen LogP) is 6.82. The highest BCUT2D eigenvalue weighted by Gasteiger charge is 2.40. The first-order valence-electron chi connectivity index (χ1n) is 8.59. The Balaban J connectivity index is 2.01. The third kappa shape index (κ3) is 4.05. The Kier molecular flexibility index (Phi) is 5.94. The topological polar surface area (TPSA) is 0 Å². The second-order valence-electron chi connectivity index (χ2n) is 6.67. The van der Waals surface area contributed by atoms with Crippen molar-refractivity contribution in [3.8, 4) is 0 Å². The predicted molar refractivity (Wildman–Crippen MR) is 85.1 cm³/mol. The lowest BCUT2D eigenvalue weighted by Gasteiger charge is -2.28. The van der Waals surface area contributed by atoms with E-state index < -0.39 is 18.5 Å². The fourth-order valence-corrected chi connectivity index (χ4v) is 3.55. The molecular formula is C19H27F3. The van der Waals surface area contributed by atoms with Crippen LogP contribution in [0, 0.1) is 5.92 Å². The lowest BCUT2D eigenvalue weighted by atomic mass is 9.77. The van der Waals surface area contributed by atoms with Crippen LogP contribution in [0.2, 0.25) is 0 Å². The van der Waals surface area contributed by atoms with Gasteiger partial charge >= 0.3 is 0 Å². The molecule has 124 valence electrons. The summed E-state index contributed by atoms with van der Waals surface area (Å²) >= 11 is 0. The van der Waals surface area contributed by atoms with E-state index in [1.807, 2.05) is 12.1 Å². The van der Waals surface area contributed by atoms with Gasteiger partial charge in [0.15, 0.2) is 6.17 Å². The number of halogens is 3. The summed E-state index contributed by atoms with van der Waals surface area (Å²) in [7, 11) is 0. The van der Waals surface area contributed by atoms with E-state index >= 15 is 0 Å². The Morgan fingerprint density at radius 2 is 1.64 bits per heavy atom. The zero-order valence-electron chi connectivity index (χ0n) is 13.6. The van der Waals surface area contributed by atoms with Gasteiger partial charge in [0.2, 0.25) is 0 Å². The van der Waals surface area contributed by atoms with Gasteiger partial charge in [-0.05, 0) is 48.6 Å². The van der Waals surface area contributed by atoms with Crippen LogP contribution in [0.4, 0.5) is 13.2 Å². The first-order chi connectivity index (χ1) is 10.5. The second kappa shape index (κ2) is 7.52. The molecular weight excluding hydrogens is 285 g/mol. The van der Waals surface area contributed by atoms with Crippen molar-refractivity contribution in [2.45, 2.75) is 76.8 Å². The number of alkyl halides is 3. The zero-order valence-corrected chi connectivity index (χ0v) is 13.6. The minimum absolute atomic E-state index is 0.101. The lowest BCUT2D eigenvalue weighted by Crippen LogP contribution is -2.23. The maximum absolute atomic E-state index is 14.0. The summed E-state index contributed by atoms with van der Waals surface area (Å²) in [4.78, 5) is 0. The van der Waals surface area contributed by atoms with E-state index in [2.05, 4.69) is 6.92 Å². The first-order valence-corrected chi connectivity index (χ1v) is 8.59. The normalized spacial score (nSPS) is 24.2. The molecule has 1 unspecified atom stereocenters. The minimum atomic E-state index is -3.27. The van der Waals surface area contributed by atoms with Crippen molar-refractivity contribution in [2.24, 2.45) is 5.92 Å². The highest BCUT2D eigenvalue weighted by molar-refractivity contribution is 5.28. The molecule has 0 spiro atoms. The van der Waals surface area contributed by atoms with Gasteiger partial charge in [-0.25, -0.2) is 13.2 Å². The molecule has 0 saturated heterocycles. The largest absolute Gasteiger partial charge is 0.282 e. The molecule has 1 aromatic rings. The van der Waals surface area contributed by atoms with Crippen LogP contribution in [-0.2, 0) is 0 Å². The number of benzene rings is 1. The number of rotatable bonds is 6. The van der Waals surface area contributed by atoms with Gasteiger partial charge in [0, 0.05) is 6.42 Å². The molecule has 22 heavy (non-hydrogen) atoms.